The lowest BCUT2D eigenvalue weighted by Gasteiger charge is -2.29. The third kappa shape index (κ3) is 6.78. The first-order chi connectivity index (χ1) is 14.0. The van der Waals surface area contributed by atoms with Crippen molar-refractivity contribution in [1.29, 1.82) is 0 Å². The zero-order chi connectivity index (χ0) is 20.6. The first-order valence-electron chi connectivity index (χ1n) is 9.70. The second-order valence-corrected chi connectivity index (χ2v) is 7.20. The number of ether oxygens (including phenoxy) is 2. The Morgan fingerprint density at radius 1 is 1.14 bits per heavy atom. The summed E-state index contributed by atoms with van der Waals surface area (Å²) >= 11 is 0. The molecule has 0 aliphatic heterocycles. The molecule has 0 saturated heterocycles. The molecule has 0 bridgehead atoms. The Bertz CT molecular complexity index is 841. The summed E-state index contributed by atoms with van der Waals surface area (Å²) in [6, 6.07) is 12.9. The van der Waals surface area contributed by atoms with Crippen LogP contribution < -0.4 is 15.4 Å². The third-order valence-corrected chi connectivity index (χ3v) is 4.72. The molecule has 1 aliphatic carbocycles. The summed E-state index contributed by atoms with van der Waals surface area (Å²) in [5.74, 6) is 0.0801. The molecule has 2 aromatic carbocycles. The number of hydrogen-bond acceptors (Lipinski definition) is 4. The van der Waals surface area contributed by atoms with Gasteiger partial charge in [-0.15, -0.1) is 0 Å². The molecular weight excluding hydrogens is 375 g/mol. The van der Waals surface area contributed by atoms with Crippen LogP contribution in [0.5, 0.6) is 5.75 Å². The van der Waals surface area contributed by atoms with Crippen LogP contribution in [0.3, 0.4) is 0 Å². The maximum atomic E-state index is 12.9. The van der Waals surface area contributed by atoms with Gasteiger partial charge in [0.15, 0.2) is 6.61 Å². The number of rotatable bonds is 6. The van der Waals surface area contributed by atoms with Gasteiger partial charge in [-0.2, -0.15) is 0 Å². The lowest BCUT2D eigenvalue weighted by Crippen LogP contribution is -2.43. The summed E-state index contributed by atoms with van der Waals surface area (Å²) in [5, 5.41) is 5.53. The summed E-state index contributed by atoms with van der Waals surface area (Å²) in [6.07, 6.45) is 2.09. The molecule has 0 aromatic heterocycles. The minimum atomic E-state index is -0.587. The van der Waals surface area contributed by atoms with Crippen molar-refractivity contribution < 1.29 is 23.5 Å². The van der Waals surface area contributed by atoms with Crippen LogP contribution in [-0.4, -0.2) is 30.8 Å². The SMILES string of the molecule is Cc1cccc(OCC(=O)NC2CCCC(OC(=O)Nc3ccc(F)cc3)C2)c1. The van der Waals surface area contributed by atoms with E-state index in [0.29, 0.717) is 17.9 Å². The van der Waals surface area contributed by atoms with E-state index in [1.807, 2.05) is 31.2 Å². The van der Waals surface area contributed by atoms with E-state index in [4.69, 9.17) is 9.47 Å². The molecule has 29 heavy (non-hydrogen) atoms. The van der Waals surface area contributed by atoms with Gasteiger partial charge in [-0.1, -0.05) is 12.1 Å². The van der Waals surface area contributed by atoms with Gasteiger partial charge in [0.25, 0.3) is 5.91 Å². The molecular formula is C22H25FN2O4. The van der Waals surface area contributed by atoms with Crippen molar-refractivity contribution in [2.45, 2.75) is 44.8 Å². The molecule has 3 rings (SSSR count). The number of hydrogen-bond donors (Lipinski definition) is 2. The molecule has 0 radical (unpaired) electrons. The van der Waals surface area contributed by atoms with Gasteiger partial charge in [-0.25, -0.2) is 9.18 Å². The largest absolute Gasteiger partial charge is 0.484 e. The third-order valence-electron chi connectivity index (χ3n) is 4.72. The fraction of sp³-hybridized carbons (Fsp3) is 0.364. The topological polar surface area (TPSA) is 76.7 Å². The summed E-state index contributed by atoms with van der Waals surface area (Å²) in [5.41, 5.74) is 1.53. The Labute approximate surface area is 169 Å². The number of amides is 2. The van der Waals surface area contributed by atoms with Crippen molar-refractivity contribution in [3.05, 3.63) is 59.9 Å². The highest BCUT2D eigenvalue weighted by molar-refractivity contribution is 5.84. The van der Waals surface area contributed by atoms with E-state index in [0.717, 1.165) is 24.8 Å². The van der Waals surface area contributed by atoms with Crippen LogP contribution in [0, 0.1) is 12.7 Å². The van der Waals surface area contributed by atoms with E-state index < -0.39 is 6.09 Å². The van der Waals surface area contributed by atoms with Crippen LogP contribution in [0.25, 0.3) is 0 Å². The highest BCUT2D eigenvalue weighted by Crippen LogP contribution is 2.22. The molecule has 1 aliphatic rings. The van der Waals surface area contributed by atoms with E-state index in [1.54, 1.807) is 0 Å². The molecule has 1 fully saturated rings. The van der Waals surface area contributed by atoms with Crippen LogP contribution in [0.1, 0.15) is 31.2 Å². The predicted octanol–water partition coefficient (Wildman–Crippen LogP) is 4.19. The van der Waals surface area contributed by atoms with Crippen LogP contribution in [0.2, 0.25) is 0 Å². The highest BCUT2D eigenvalue weighted by atomic mass is 19.1. The van der Waals surface area contributed by atoms with Gasteiger partial charge in [-0.05, 0) is 68.1 Å². The summed E-state index contributed by atoms with van der Waals surface area (Å²) < 4.78 is 23.9. The lowest BCUT2D eigenvalue weighted by atomic mass is 9.93. The van der Waals surface area contributed by atoms with Crippen molar-refractivity contribution in [3.8, 4) is 5.75 Å². The number of halogens is 1. The summed E-state index contributed by atoms with van der Waals surface area (Å²) in [7, 11) is 0. The van der Waals surface area contributed by atoms with E-state index in [9.17, 15) is 14.0 Å². The van der Waals surface area contributed by atoms with E-state index >= 15 is 0 Å². The molecule has 6 nitrogen and oxygen atoms in total. The van der Waals surface area contributed by atoms with Gasteiger partial charge >= 0.3 is 6.09 Å². The normalized spacial score (nSPS) is 18.6. The standard InChI is InChI=1S/C22H25FN2O4/c1-15-4-2-6-19(12-15)28-14-21(26)24-18-5-3-7-20(13-18)29-22(27)25-17-10-8-16(23)9-11-17/h2,4,6,8-12,18,20H,3,5,7,13-14H2,1H3,(H,24,26)(H,25,27). The first-order valence-corrected chi connectivity index (χ1v) is 9.70. The van der Waals surface area contributed by atoms with Gasteiger partial charge in [0, 0.05) is 18.2 Å². The Morgan fingerprint density at radius 3 is 2.69 bits per heavy atom. The zero-order valence-corrected chi connectivity index (χ0v) is 16.3. The second kappa shape index (κ2) is 9.91. The van der Waals surface area contributed by atoms with Crippen molar-refractivity contribution in [3.63, 3.8) is 0 Å². The van der Waals surface area contributed by atoms with Gasteiger partial charge in [0.05, 0.1) is 0 Å². The van der Waals surface area contributed by atoms with Crippen molar-refractivity contribution >= 4 is 17.7 Å². The maximum Gasteiger partial charge on any atom is 0.411 e. The van der Waals surface area contributed by atoms with Gasteiger partial charge < -0.3 is 14.8 Å². The Morgan fingerprint density at radius 2 is 1.93 bits per heavy atom. The molecule has 0 spiro atoms. The van der Waals surface area contributed by atoms with Crippen LogP contribution in [0.15, 0.2) is 48.5 Å². The number of nitrogens with one attached hydrogen (secondary N) is 2. The Balaban J connectivity index is 1.41. The molecule has 2 unspecified atom stereocenters. The number of carbonyl (C=O) groups is 2. The fourth-order valence-corrected chi connectivity index (χ4v) is 3.34. The molecule has 2 atom stereocenters. The summed E-state index contributed by atoms with van der Waals surface area (Å²) in [4.78, 5) is 24.2. The molecule has 2 aromatic rings. The number of aryl methyl sites for hydroxylation is 1. The number of benzene rings is 2. The van der Waals surface area contributed by atoms with Crippen LogP contribution in [-0.2, 0) is 9.53 Å². The Hall–Kier alpha value is -3.09. The highest BCUT2D eigenvalue weighted by Gasteiger charge is 2.26. The van der Waals surface area contributed by atoms with Crippen molar-refractivity contribution in [2.24, 2.45) is 0 Å². The zero-order valence-electron chi connectivity index (χ0n) is 16.3. The van der Waals surface area contributed by atoms with E-state index in [2.05, 4.69) is 10.6 Å². The fourth-order valence-electron chi connectivity index (χ4n) is 3.34. The van der Waals surface area contributed by atoms with Gasteiger partial charge in [0.1, 0.15) is 17.7 Å². The van der Waals surface area contributed by atoms with Crippen molar-refractivity contribution in [1.82, 2.24) is 5.32 Å². The number of carbonyl (C=O) groups excluding carboxylic acids is 2. The molecule has 154 valence electrons. The Kier molecular flexibility index (Phi) is 7.05. The number of anilines is 1. The average molecular weight is 400 g/mol. The molecule has 7 heteroatoms. The van der Waals surface area contributed by atoms with Gasteiger partial charge in [-0.3, -0.25) is 10.1 Å². The molecule has 2 amide bonds. The minimum absolute atomic E-state index is 0.0590. The van der Waals surface area contributed by atoms with Crippen LogP contribution >= 0.6 is 0 Å². The van der Waals surface area contributed by atoms with Crippen LogP contribution in [0.4, 0.5) is 14.9 Å². The predicted molar refractivity (Wildman–Crippen MR) is 107 cm³/mol. The van der Waals surface area contributed by atoms with E-state index in [-0.39, 0.29) is 30.5 Å². The first kappa shape index (κ1) is 20.6. The summed E-state index contributed by atoms with van der Waals surface area (Å²) in [6.45, 7) is 1.90. The quantitative estimate of drug-likeness (QED) is 0.762. The smallest absolute Gasteiger partial charge is 0.411 e. The average Bonchev–Trinajstić information content (AvgIpc) is 2.68. The monoisotopic (exact) mass is 400 g/mol. The maximum absolute atomic E-state index is 12.9. The molecule has 0 heterocycles. The van der Waals surface area contributed by atoms with E-state index in [1.165, 1.54) is 24.3 Å². The molecule has 1 saturated carbocycles. The minimum Gasteiger partial charge on any atom is -0.484 e. The lowest BCUT2D eigenvalue weighted by molar-refractivity contribution is -0.124. The molecule has 2 N–H and O–H groups in total. The second-order valence-electron chi connectivity index (χ2n) is 7.20. The van der Waals surface area contributed by atoms with Crippen molar-refractivity contribution in [2.75, 3.05) is 11.9 Å². The van der Waals surface area contributed by atoms with Gasteiger partial charge in [0.2, 0.25) is 0 Å².